The standard InChI is InChI=1S/C11H14N2O/c1-13-9-5-3-2-4-8(9)6-10(13)11(14)7-12/h2-6,11,14H,7,12H2,1H3/t11-/m0/s1. The van der Waals surface area contributed by atoms with Crippen LogP contribution in [0.2, 0.25) is 0 Å². The second-order valence-electron chi connectivity index (χ2n) is 3.44. The highest BCUT2D eigenvalue weighted by Gasteiger charge is 2.11. The van der Waals surface area contributed by atoms with Crippen molar-refractivity contribution in [3.05, 3.63) is 36.0 Å². The van der Waals surface area contributed by atoms with Crippen molar-refractivity contribution in [3.8, 4) is 0 Å². The molecule has 3 nitrogen and oxygen atoms in total. The number of aryl methyl sites for hydroxylation is 1. The summed E-state index contributed by atoms with van der Waals surface area (Å²) in [6.07, 6.45) is -0.576. The molecular weight excluding hydrogens is 176 g/mol. The van der Waals surface area contributed by atoms with Gasteiger partial charge in [-0.3, -0.25) is 0 Å². The van der Waals surface area contributed by atoms with E-state index in [4.69, 9.17) is 5.73 Å². The van der Waals surface area contributed by atoms with Crippen molar-refractivity contribution in [1.82, 2.24) is 4.57 Å². The Morgan fingerprint density at radius 3 is 2.79 bits per heavy atom. The predicted octanol–water partition coefficient (Wildman–Crippen LogP) is 1.17. The molecule has 0 saturated heterocycles. The van der Waals surface area contributed by atoms with Gasteiger partial charge in [0.15, 0.2) is 0 Å². The molecule has 1 atom stereocenters. The molecule has 1 heterocycles. The number of nitrogens with two attached hydrogens (primary N) is 1. The molecule has 0 bridgehead atoms. The van der Waals surface area contributed by atoms with E-state index in [9.17, 15) is 5.11 Å². The van der Waals surface area contributed by atoms with Crippen LogP contribution < -0.4 is 5.73 Å². The van der Waals surface area contributed by atoms with Crippen LogP contribution in [0.4, 0.5) is 0 Å². The second-order valence-corrected chi connectivity index (χ2v) is 3.44. The zero-order chi connectivity index (χ0) is 10.1. The Kier molecular flexibility index (Phi) is 2.27. The molecule has 0 unspecified atom stereocenters. The van der Waals surface area contributed by atoms with Crippen LogP contribution in [0, 0.1) is 0 Å². The molecule has 0 spiro atoms. The topological polar surface area (TPSA) is 51.2 Å². The van der Waals surface area contributed by atoms with E-state index >= 15 is 0 Å². The maximum atomic E-state index is 9.67. The van der Waals surface area contributed by atoms with Crippen LogP contribution >= 0.6 is 0 Å². The van der Waals surface area contributed by atoms with Crippen molar-refractivity contribution in [1.29, 1.82) is 0 Å². The van der Waals surface area contributed by atoms with E-state index in [1.807, 2.05) is 41.9 Å². The fourth-order valence-electron chi connectivity index (χ4n) is 1.75. The molecule has 2 rings (SSSR count). The summed E-state index contributed by atoms with van der Waals surface area (Å²) in [5, 5.41) is 10.8. The van der Waals surface area contributed by atoms with Crippen LogP contribution in [-0.2, 0) is 7.05 Å². The van der Waals surface area contributed by atoms with E-state index in [2.05, 4.69) is 0 Å². The zero-order valence-corrected chi connectivity index (χ0v) is 8.14. The summed E-state index contributed by atoms with van der Waals surface area (Å²) in [6.45, 7) is 0.254. The average molecular weight is 190 g/mol. The van der Waals surface area contributed by atoms with Gasteiger partial charge in [0, 0.05) is 24.8 Å². The first-order chi connectivity index (χ1) is 6.74. The molecule has 74 valence electrons. The second kappa shape index (κ2) is 3.44. The number of aromatic nitrogens is 1. The third-order valence-electron chi connectivity index (χ3n) is 2.55. The van der Waals surface area contributed by atoms with Crippen LogP contribution in [0.1, 0.15) is 11.8 Å². The summed E-state index contributed by atoms with van der Waals surface area (Å²) < 4.78 is 1.98. The van der Waals surface area contributed by atoms with Crippen molar-refractivity contribution in [2.75, 3.05) is 6.54 Å². The van der Waals surface area contributed by atoms with Crippen molar-refractivity contribution in [3.63, 3.8) is 0 Å². The number of benzene rings is 1. The fourth-order valence-corrected chi connectivity index (χ4v) is 1.75. The molecular formula is C11H14N2O. The van der Waals surface area contributed by atoms with Crippen LogP contribution in [0.15, 0.2) is 30.3 Å². The van der Waals surface area contributed by atoms with E-state index in [1.54, 1.807) is 0 Å². The Morgan fingerprint density at radius 1 is 1.43 bits per heavy atom. The van der Waals surface area contributed by atoms with Gasteiger partial charge in [-0.15, -0.1) is 0 Å². The summed E-state index contributed by atoms with van der Waals surface area (Å²) in [5.41, 5.74) is 7.42. The maximum Gasteiger partial charge on any atom is 0.106 e. The first-order valence-corrected chi connectivity index (χ1v) is 4.66. The smallest absolute Gasteiger partial charge is 0.106 e. The minimum Gasteiger partial charge on any atom is -0.386 e. The van der Waals surface area contributed by atoms with Crippen molar-refractivity contribution in [2.45, 2.75) is 6.10 Å². The highest BCUT2D eigenvalue weighted by Crippen LogP contribution is 2.22. The monoisotopic (exact) mass is 190 g/mol. The lowest BCUT2D eigenvalue weighted by molar-refractivity contribution is 0.179. The minimum absolute atomic E-state index is 0.254. The highest BCUT2D eigenvalue weighted by atomic mass is 16.3. The number of nitrogens with zero attached hydrogens (tertiary/aromatic N) is 1. The quantitative estimate of drug-likeness (QED) is 0.747. The van der Waals surface area contributed by atoms with Crippen molar-refractivity contribution < 1.29 is 5.11 Å². The van der Waals surface area contributed by atoms with Crippen molar-refractivity contribution >= 4 is 10.9 Å². The molecule has 0 aliphatic heterocycles. The Labute approximate surface area is 82.8 Å². The molecule has 14 heavy (non-hydrogen) atoms. The number of fused-ring (bicyclic) bond motifs is 1. The van der Waals surface area contributed by atoms with Crippen LogP contribution in [-0.4, -0.2) is 16.2 Å². The molecule has 0 fully saturated rings. The van der Waals surface area contributed by atoms with Gasteiger partial charge >= 0.3 is 0 Å². The van der Waals surface area contributed by atoms with E-state index in [1.165, 1.54) is 0 Å². The Balaban J connectivity index is 2.62. The molecule has 1 aromatic carbocycles. The third kappa shape index (κ3) is 1.31. The fraction of sp³-hybridized carbons (Fsp3) is 0.273. The molecule has 0 aliphatic carbocycles. The largest absolute Gasteiger partial charge is 0.386 e. The van der Waals surface area contributed by atoms with Crippen LogP contribution in [0.25, 0.3) is 10.9 Å². The van der Waals surface area contributed by atoms with E-state index in [0.717, 1.165) is 16.6 Å². The molecule has 0 amide bonds. The number of hydrogen-bond donors (Lipinski definition) is 2. The Morgan fingerprint density at radius 2 is 2.14 bits per heavy atom. The number of rotatable bonds is 2. The number of aliphatic hydroxyl groups excluding tert-OH is 1. The van der Waals surface area contributed by atoms with Crippen molar-refractivity contribution in [2.24, 2.45) is 12.8 Å². The molecule has 3 heteroatoms. The normalized spacial score (nSPS) is 13.4. The summed E-state index contributed by atoms with van der Waals surface area (Å²) in [4.78, 5) is 0. The van der Waals surface area contributed by atoms with Gasteiger partial charge < -0.3 is 15.4 Å². The van der Waals surface area contributed by atoms with Gasteiger partial charge in [0.05, 0.1) is 0 Å². The van der Waals surface area contributed by atoms with Gasteiger partial charge in [0.1, 0.15) is 6.10 Å². The highest BCUT2D eigenvalue weighted by molar-refractivity contribution is 5.81. The molecule has 0 aliphatic rings. The number of hydrogen-bond acceptors (Lipinski definition) is 2. The maximum absolute atomic E-state index is 9.67. The van der Waals surface area contributed by atoms with E-state index in [-0.39, 0.29) is 6.54 Å². The molecule has 2 aromatic rings. The molecule has 1 aromatic heterocycles. The first-order valence-electron chi connectivity index (χ1n) is 4.66. The third-order valence-corrected chi connectivity index (χ3v) is 2.55. The molecule has 3 N–H and O–H groups in total. The van der Waals surface area contributed by atoms with Crippen LogP contribution in [0.5, 0.6) is 0 Å². The van der Waals surface area contributed by atoms with Gasteiger partial charge in [-0.2, -0.15) is 0 Å². The van der Waals surface area contributed by atoms with Gasteiger partial charge in [-0.05, 0) is 17.5 Å². The predicted molar refractivity (Wildman–Crippen MR) is 56.9 cm³/mol. The minimum atomic E-state index is -0.576. The summed E-state index contributed by atoms with van der Waals surface area (Å²) in [7, 11) is 1.94. The lowest BCUT2D eigenvalue weighted by atomic mass is 10.2. The van der Waals surface area contributed by atoms with Gasteiger partial charge in [0.25, 0.3) is 0 Å². The lowest BCUT2D eigenvalue weighted by Gasteiger charge is -2.08. The van der Waals surface area contributed by atoms with E-state index < -0.39 is 6.10 Å². The summed E-state index contributed by atoms with van der Waals surface area (Å²) >= 11 is 0. The Bertz CT molecular complexity index is 447. The summed E-state index contributed by atoms with van der Waals surface area (Å²) in [5.74, 6) is 0. The zero-order valence-electron chi connectivity index (χ0n) is 8.14. The van der Waals surface area contributed by atoms with E-state index in [0.29, 0.717) is 0 Å². The SMILES string of the molecule is Cn1c([C@@H](O)CN)cc2ccccc21. The Hall–Kier alpha value is -1.32. The number of aliphatic hydroxyl groups is 1. The summed E-state index contributed by atoms with van der Waals surface area (Å²) in [6, 6.07) is 10.0. The molecule has 0 radical (unpaired) electrons. The molecule has 0 saturated carbocycles. The van der Waals surface area contributed by atoms with Gasteiger partial charge in [0.2, 0.25) is 0 Å². The van der Waals surface area contributed by atoms with Gasteiger partial charge in [-0.25, -0.2) is 0 Å². The van der Waals surface area contributed by atoms with Crippen LogP contribution in [0.3, 0.4) is 0 Å². The number of para-hydroxylation sites is 1. The first kappa shape index (κ1) is 9.24. The lowest BCUT2D eigenvalue weighted by Crippen LogP contribution is -2.14. The van der Waals surface area contributed by atoms with Gasteiger partial charge in [-0.1, -0.05) is 18.2 Å². The average Bonchev–Trinajstić information content (AvgIpc) is 2.56.